The minimum atomic E-state index is 0.226. The molecule has 0 bridgehead atoms. The summed E-state index contributed by atoms with van der Waals surface area (Å²) in [6.07, 6.45) is 1.43. The largest absolute Gasteiger partial charge is 0.479 e. The molecule has 3 rings (SSSR count). The van der Waals surface area contributed by atoms with Crippen LogP contribution in [0, 0.1) is 6.92 Å². The van der Waals surface area contributed by atoms with Gasteiger partial charge in [-0.25, -0.2) is 9.97 Å². The van der Waals surface area contributed by atoms with Crippen molar-refractivity contribution in [2.24, 2.45) is 0 Å². The number of halogens is 2. The highest BCUT2D eigenvalue weighted by atomic mass is 35.5. The predicted molar refractivity (Wildman–Crippen MR) is 82.5 cm³/mol. The molecule has 0 radical (unpaired) electrons. The second kappa shape index (κ2) is 5.50. The molecule has 0 saturated heterocycles. The molecule has 21 heavy (non-hydrogen) atoms. The smallest absolute Gasteiger partial charge is 0.245 e. The fourth-order valence-electron chi connectivity index (χ4n) is 2.20. The number of methoxy groups -OCH3 is 1. The summed E-state index contributed by atoms with van der Waals surface area (Å²) >= 11 is 12.3. The number of imidazole rings is 1. The van der Waals surface area contributed by atoms with Gasteiger partial charge in [0, 0.05) is 0 Å². The molecule has 7 heteroatoms. The number of hydrogen-bond acceptors (Lipinski definition) is 4. The minimum absolute atomic E-state index is 0.226. The Hall–Kier alpha value is -1.85. The molecule has 0 spiro atoms. The summed E-state index contributed by atoms with van der Waals surface area (Å²) in [5.74, 6) is 1.27. The molecule has 0 aliphatic heterocycles. The topological polar surface area (TPSA) is 52.8 Å². The number of benzene rings is 1. The van der Waals surface area contributed by atoms with Crippen molar-refractivity contribution in [1.29, 1.82) is 0 Å². The number of hydrogen-bond donors (Lipinski definition) is 0. The summed E-state index contributed by atoms with van der Waals surface area (Å²) in [7, 11) is 1.54. The number of alkyl halides is 1. The van der Waals surface area contributed by atoms with Crippen LogP contribution in [0.3, 0.4) is 0 Å². The van der Waals surface area contributed by atoms with E-state index in [0.29, 0.717) is 27.9 Å². The first-order chi connectivity index (χ1) is 10.2. The fraction of sp³-hybridized carbons (Fsp3) is 0.214. The zero-order valence-corrected chi connectivity index (χ0v) is 13.0. The average Bonchev–Trinajstić information content (AvgIpc) is 2.88. The van der Waals surface area contributed by atoms with Crippen LogP contribution >= 0.6 is 23.2 Å². The van der Waals surface area contributed by atoms with Crippen LogP contribution in [0.15, 0.2) is 24.5 Å². The number of rotatable bonds is 3. The van der Waals surface area contributed by atoms with Crippen LogP contribution in [-0.4, -0.2) is 26.6 Å². The third-order valence-electron chi connectivity index (χ3n) is 3.14. The van der Waals surface area contributed by atoms with Crippen molar-refractivity contribution < 1.29 is 4.74 Å². The molecule has 0 fully saturated rings. The molecule has 2 heterocycles. The Morgan fingerprint density at radius 2 is 2.10 bits per heavy atom. The summed E-state index contributed by atoms with van der Waals surface area (Å²) in [6, 6.07) is 5.75. The molecule has 108 valence electrons. The molecule has 5 nitrogen and oxygen atoms in total. The third kappa shape index (κ3) is 2.32. The number of aryl methyl sites for hydroxylation is 1. The Bertz CT molecular complexity index is 816. The highest BCUT2D eigenvalue weighted by Gasteiger charge is 2.18. The van der Waals surface area contributed by atoms with Gasteiger partial charge in [0.15, 0.2) is 11.2 Å². The van der Waals surface area contributed by atoms with Crippen LogP contribution in [-0.2, 0) is 5.88 Å². The van der Waals surface area contributed by atoms with Gasteiger partial charge in [0.2, 0.25) is 5.88 Å². The van der Waals surface area contributed by atoms with Gasteiger partial charge < -0.3 is 4.74 Å². The molecular weight excluding hydrogens is 311 g/mol. The van der Waals surface area contributed by atoms with E-state index in [2.05, 4.69) is 15.0 Å². The summed E-state index contributed by atoms with van der Waals surface area (Å²) < 4.78 is 7.06. The van der Waals surface area contributed by atoms with Crippen LogP contribution in [0.4, 0.5) is 0 Å². The van der Waals surface area contributed by atoms with Gasteiger partial charge in [0.05, 0.1) is 23.7 Å². The van der Waals surface area contributed by atoms with Crippen molar-refractivity contribution in [2.75, 3.05) is 7.11 Å². The van der Waals surface area contributed by atoms with Crippen molar-refractivity contribution in [1.82, 2.24) is 19.5 Å². The Balaban J connectivity index is 2.38. The molecule has 0 saturated carbocycles. The lowest BCUT2D eigenvalue weighted by molar-refractivity contribution is 0.401. The molecule has 2 aromatic heterocycles. The SMILES string of the molecule is COc1ncnc2c1nc(CCl)n2-c1cc(C)ccc1Cl. The van der Waals surface area contributed by atoms with Crippen molar-refractivity contribution in [3.8, 4) is 11.6 Å². The zero-order chi connectivity index (χ0) is 15.0. The molecule has 3 aromatic rings. The first-order valence-electron chi connectivity index (χ1n) is 6.24. The summed E-state index contributed by atoms with van der Waals surface area (Å²) in [5, 5.41) is 0.601. The summed E-state index contributed by atoms with van der Waals surface area (Å²) in [5.41, 5.74) is 3.05. The number of fused-ring (bicyclic) bond motifs is 1. The quantitative estimate of drug-likeness (QED) is 0.692. The Morgan fingerprint density at radius 3 is 2.81 bits per heavy atom. The molecular formula is C14H12Cl2N4O. The van der Waals surface area contributed by atoms with E-state index in [-0.39, 0.29) is 5.88 Å². The van der Waals surface area contributed by atoms with E-state index in [4.69, 9.17) is 27.9 Å². The maximum atomic E-state index is 6.32. The number of ether oxygens (including phenoxy) is 1. The second-order valence-electron chi connectivity index (χ2n) is 4.51. The monoisotopic (exact) mass is 322 g/mol. The Morgan fingerprint density at radius 1 is 1.29 bits per heavy atom. The number of nitrogens with zero attached hydrogens (tertiary/aromatic N) is 4. The van der Waals surface area contributed by atoms with Crippen LogP contribution in [0.25, 0.3) is 16.9 Å². The van der Waals surface area contributed by atoms with Gasteiger partial charge in [-0.1, -0.05) is 17.7 Å². The van der Waals surface area contributed by atoms with E-state index in [1.165, 1.54) is 6.33 Å². The minimum Gasteiger partial charge on any atom is -0.479 e. The standard InChI is InChI=1S/C14H12Cl2N4O/c1-8-3-4-9(16)10(5-8)20-11(6-15)19-12-13(20)17-7-18-14(12)21-2/h3-5,7H,6H2,1-2H3. The van der Waals surface area contributed by atoms with E-state index >= 15 is 0 Å². The van der Waals surface area contributed by atoms with Crippen LogP contribution in [0.2, 0.25) is 5.02 Å². The predicted octanol–water partition coefficient (Wildman–Crippen LogP) is 3.52. The van der Waals surface area contributed by atoms with E-state index in [1.807, 2.05) is 29.7 Å². The van der Waals surface area contributed by atoms with E-state index in [9.17, 15) is 0 Å². The molecule has 0 aliphatic rings. The van der Waals surface area contributed by atoms with Gasteiger partial charge in [0.1, 0.15) is 12.2 Å². The Kier molecular flexibility index (Phi) is 3.69. The lowest BCUT2D eigenvalue weighted by Gasteiger charge is -2.10. The summed E-state index contributed by atoms with van der Waals surface area (Å²) in [4.78, 5) is 12.8. The Labute approximate surface area is 131 Å². The first kappa shape index (κ1) is 14.1. The molecule has 0 N–H and O–H groups in total. The molecule has 0 aliphatic carbocycles. The van der Waals surface area contributed by atoms with E-state index < -0.39 is 0 Å². The van der Waals surface area contributed by atoms with Gasteiger partial charge in [-0.3, -0.25) is 4.57 Å². The maximum Gasteiger partial charge on any atom is 0.245 e. The van der Waals surface area contributed by atoms with Crippen molar-refractivity contribution in [3.63, 3.8) is 0 Å². The van der Waals surface area contributed by atoms with Gasteiger partial charge >= 0.3 is 0 Å². The molecule has 0 unspecified atom stereocenters. The van der Waals surface area contributed by atoms with E-state index in [0.717, 1.165) is 11.3 Å². The zero-order valence-electron chi connectivity index (χ0n) is 11.5. The first-order valence-corrected chi connectivity index (χ1v) is 7.15. The lowest BCUT2D eigenvalue weighted by Crippen LogP contribution is -2.02. The van der Waals surface area contributed by atoms with Gasteiger partial charge in [-0.2, -0.15) is 4.98 Å². The third-order valence-corrected chi connectivity index (χ3v) is 3.69. The maximum absolute atomic E-state index is 6.32. The van der Waals surface area contributed by atoms with Crippen LogP contribution in [0.5, 0.6) is 5.88 Å². The summed E-state index contributed by atoms with van der Waals surface area (Å²) in [6.45, 7) is 1.99. The average molecular weight is 323 g/mol. The molecule has 0 amide bonds. The molecule has 0 atom stereocenters. The van der Waals surface area contributed by atoms with Crippen molar-refractivity contribution in [3.05, 3.63) is 40.9 Å². The second-order valence-corrected chi connectivity index (χ2v) is 5.18. The van der Waals surface area contributed by atoms with Gasteiger partial charge in [0.25, 0.3) is 0 Å². The van der Waals surface area contributed by atoms with Crippen molar-refractivity contribution >= 4 is 34.4 Å². The normalized spacial score (nSPS) is 11.0. The fourth-order valence-corrected chi connectivity index (χ4v) is 2.58. The van der Waals surface area contributed by atoms with Crippen LogP contribution < -0.4 is 4.74 Å². The van der Waals surface area contributed by atoms with Gasteiger partial charge in [-0.15, -0.1) is 11.6 Å². The lowest BCUT2D eigenvalue weighted by atomic mass is 10.2. The van der Waals surface area contributed by atoms with E-state index in [1.54, 1.807) is 7.11 Å². The van der Waals surface area contributed by atoms with Crippen molar-refractivity contribution in [2.45, 2.75) is 12.8 Å². The molecule has 1 aromatic carbocycles. The van der Waals surface area contributed by atoms with Crippen LogP contribution in [0.1, 0.15) is 11.4 Å². The number of aromatic nitrogens is 4. The van der Waals surface area contributed by atoms with Gasteiger partial charge in [-0.05, 0) is 24.6 Å². The highest BCUT2D eigenvalue weighted by Crippen LogP contribution is 2.30. The highest BCUT2D eigenvalue weighted by molar-refractivity contribution is 6.32.